The van der Waals surface area contributed by atoms with Crippen LogP contribution in [0.5, 0.6) is 11.5 Å². The molecule has 6 heteroatoms. The highest BCUT2D eigenvalue weighted by molar-refractivity contribution is 7.09. The molecule has 2 aromatic rings. The lowest BCUT2D eigenvalue weighted by atomic mass is 10.2. The van der Waals surface area contributed by atoms with Gasteiger partial charge >= 0.3 is 0 Å². The van der Waals surface area contributed by atoms with Crippen molar-refractivity contribution in [2.75, 3.05) is 19.5 Å². The number of benzene rings is 1. The summed E-state index contributed by atoms with van der Waals surface area (Å²) in [6, 6.07) is 3.64. The van der Waals surface area contributed by atoms with Crippen LogP contribution in [-0.4, -0.2) is 19.2 Å². The standard InChI is InChI=1S/C13H15ClN2O2S/c1-8(13-15-4-5-19-13)16-10-7-11(17-2)9(14)6-12(10)18-3/h4-8,16H,1-3H3. The number of ether oxygens (including phenoxy) is 2. The molecule has 1 atom stereocenters. The zero-order valence-electron chi connectivity index (χ0n) is 10.9. The van der Waals surface area contributed by atoms with Crippen molar-refractivity contribution >= 4 is 28.6 Å². The van der Waals surface area contributed by atoms with Gasteiger partial charge in [-0.1, -0.05) is 11.6 Å². The Balaban J connectivity index is 2.28. The van der Waals surface area contributed by atoms with E-state index in [0.717, 1.165) is 10.7 Å². The van der Waals surface area contributed by atoms with E-state index >= 15 is 0 Å². The van der Waals surface area contributed by atoms with Crippen molar-refractivity contribution in [3.63, 3.8) is 0 Å². The van der Waals surface area contributed by atoms with Crippen molar-refractivity contribution in [1.29, 1.82) is 0 Å². The Labute approximate surface area is 121 Å². The summed E-state index contributed by atoms with van der Waals surface area (Å²) in [5, 5.41) is 6.83. The number of nitrogens with zero attached hydrogens (tertiary/aromatic N) is 1. The average molecular weight is 299 g/mol. The molecule has 4 nitrogen and oxygen atoms in total. The van der Waals surface area contributed by atoms with E-state index in [1.54, 1.807) is 37.8 Å². The first-order valence-electron chi connectivity index (χ1n) is 5.73. The zero-order chi connectivity index (χ0) is 13.8. The van der Waals surface area contributed by atoms with E-state index < -0.39 is 0 Å². The number of hydrogen-bond donors (Lipinski definition) is 1. The summed E-state index contributed by atoms with van der Waals surface area (Å²) in [5.41, 5.74) is 0.825. The smallest absolute Gasteiger partial charge is 0.143 e. The fourth-order valence-corrected chi connectivity index (χ4v) is 2.59. The molecule has 1 unspecified atom stereocenters. The topological polar surface area (TPSA) is 43.4 Å². The normalized spacial score (nSPS) is 12.0. The van der Waals surface area contributed by atoms with Gasteiger partial charge in [0.2, 0.25) is 0 Å². The average Bonchev–Trinajstić information content (AvgIpc) is 2.94. The van der Waals surface area contributed by atoms with E-state index in [4.69, 9.17) is 21.1 Å². The second-order valence-corrected chi connectivity index (χ2v) is 5.26. The van der Waals surface area contributed by atoms with Crippen molar-refractivity contribution in [2.24, 2.45) is 0 Å². The molecular formula is C13H15ClN2O2S. The van der Waals surface area contributed by atoms with Gasteiger partial charge in [-0.2, -0.15) is 0 Å². The van der Waals surface area contributed by atoms with E-state index in [9.17, 15) is 0 Å². The summed E-state index contributed by atoms with van der Waals surface area (Å²) in [7, 11) is 3.19. The van der Waals surface area contributed by atoms with Crippen LogP contribution in [0.3, 0.4) is 0 Å². The minimum atomic E-state index is 0.0831. The summed E-state index contributed by atoms with van der Waals surface area (Å²) in [6.07, 6.45) is 1.79. The Kier molecular flexibility index (Phi) is 4.50. The van der Waals surface area contributed by atoms with E-state index in [1.807, 2.05) is 18.4 Å². The van der Waals surface area contributed by atoms with Gasteiger partial charge in [0.05, 0.1) is 31.0 Å². The van der Waals surface area contributed by atoms with Gasteiger partial charge in [-0.05, 0) is 6.92 Å². The SMILES string of the molecule is COc1cc(NC(C)c2nccs2)c(OC)cc1Cl. The number of methoxy groups -OCH3 is 2. The Morgan fingerprint density at radius 3 is 2.58 bits per heavy atom. The highest BCUT2D eigenvalue weighted by atomic mass is 35.5. The minimum absolute atomic E-state index is 0.0831. The molecule has 0 fully saturated rings. The molecule has 2 rings (SSSR count). The maximum Gasteiger partial charge on any atom is 0.143 e. The number of halogens is 1. The Morgan fingerprint density at radius 1 is 1.26 bits per heavy atom. The van der Waals surface area contributed by atoms with E-state index in [2.05, 4.69) is 10.3 Å². The summed E-state index contributed by atoms with van der Waals surface area (Å²) >= 11 is 7.68. The molecule has 0 aliphatic rings. The number of nitrogens with one attached hydrogen (secondary N) is 1. The molecule has 0 radical (unpaired) electrons. The maximum atomic E-state index is 6.07. The monoisotopic (exact) mass is 298 g/mol. The lowest BCUT2D eigenvalue weighted by Crippen LogP contribution is -2.07. The molecule has 0 aliphatic heterocycles. The molecule has 0 bridgehead atoms. The summed E-state index contributed by atoms with van der Waals surface area (Å²) < 4.78 is 10.5. The van der Waals surface area contributed by atoms with Crippen LogP contribution in [0.2, 0.25) is 5.02 Å². The van der Waals surface area contributed by atoms with Crippen LogP contribution < -0.4 is 14.8 Å². The van der Waals surface area contributed by atoms with Gasteiger partial charge in [0, 0.05) is 23.7 Å². The van der Waals surface area contributed by atoms with Crippen molar-refractivity contribution in [3.05, 3.63) is 33.7 Å². The molecule has 0 aliphatic carbocycles. The van der Waals surface area contributed by atoms with Crippen molar-refractivity contribution < 1.29 is 9.47 Å². The van der Waals surface area contributed by atoms with Gasteiger partial charge in [-0.3, -0.25) is 0 Å². The predicted molar refractivity (Wildman–Crippen MR) is 78.7 cm³/mol. The summed E-state index contributed by atoms with van der Waals surface area (Å²) in [5.74, 6) is 1.28. The molecule has 0 saturated heterocycles. The third-order valence-electron chi connectivity index (χ3n) is 2.67. The van der Waals surface area contributed by atoms with E-state index in [-0.39, 0.29) is 6.04 Å². The van der Waals surface area contributed by atoms with Gasteiger partial charge < -0.3 is 14.8 Å². The second-order valence-electron chi connectivity index (χ2n) is 3.92. The first-order valence-corrected chi connectivity index (χ1v) is 6.99. The van der Waals surface area contributed by atoms with Crippen LogP contribution in [-0.2, 0) is 0 Å². The maximum absolute atomic E-state index is 6.07. The lowest BCUT2D eigenvalue weighted by molar-refractivity contribution is 0.404. The van der Waals surface area contributed by atoms with Crippen LogP contribution in [0.4, 0.5) is 5.69 Å². The molecule has 1 aromatic carbocycles. The van der Waals surface area contributed by atoms with Crippen LogP contribution in [0.1, 0.15) is 18.0 Å². The summed E-state index contributed by atoms with van der Waals surface area (Å²) in [4.78, 5) is 4.29. The third kappa shape index (κ3) is 3.11. The van der Waals surface area contributed by atoms with Gasteiger partial charge in [-0.25, -0.2) is 4.98 Å². The van der Waals surface area contributed by atoms with Crippen LogP contribution in [0, 0.1) is 0 Å². The third-order valence-corrected chi connectivity index (χ3v) is 3.92. The van der Waals surface area contributed by atoms with E-state index in [1.165, 1.54) is 0 Å². The lowest BCUT2D eigenvalue weighted by Gasteiger charge is -2.17. The molecule has 1 aromatic heterocycles. The highest BCUT2D eigenvalue weighted by Crippen LogP contribution is 2.37. The number of rotatable bonds is 5. The molecule has 19 heavy (non-hydrogen) atoms. The fourth-order valence-electron chi connectivity index (χ4n) is 1.72. The quantitative estimate of drug-likeness (QED) is 0.906. The van der Waals surface area contributed by atoms with Crippen molar-refractivity contribution in [3.8, 4) is 11.5 Å². The Morgan fingerprint density at radius 2 is 2.00 bits per heavy atom. The molecule has 102 valence electrons. The second kappa shape index (κ2) is 6.12. The number of hydrogen-bond acceptors (Lipinski definition) is 5. The first kappa shape index (κ1) is 14.0. The fraction of sp³-hybridized carbons (Fsp3) is 0.308. The van der Waals surface area contributed by atoms with Crippen molar-refractivity contribution in [2.45, 2.75) is 13.0 Å². The van der Waals surface area contributed by atoms with Gasteiger partial charge in [0.15, 0.2) is 0 Å². The molecule has 1 N–H and O–H groups in total. The van der Waals surface area contributed by atoms with Crippen molar-refractivity contribution in [1.82, 2.24) is 4.98 Å². The summed E-state index contributed by atoms with van der Waals surface area (Å²) in [6.45, 7) is 2.04. The van der Waals surface area contributed by atoms with E-state index in [0.29, 0.717) is 16.5 Å². The molecule has 0 saturated carbocycles. The van der Waals surface area contributed by atoms with Gasteiger partial charge in [0.25, 0.3) is 0 Å². The molecule has 0 amide bonds. The number of thiazole rings is 1. The zero-order valence-corrected chi connectivity index (χ0v) is 12.5. The minimum Gasteiger partial charge on any atom is -0.495 e. The largest absolute Gasteiger partial charge is 0.495 e. The van der Waals surface area contributed by atoms with Crippen LogP contribution >= 0.6 is 22.9 Å². The predicted octanol–water partition coefficient (Wildman–Crippen LogP) is 3.99. The number of aromatic nitrogens is 1. The van der Waals surface area contributed by atoms with Gasteiger partial charge in [0.1, 0.15) is 16.5 Å². The van der Waals surface area contributed by atoms with Crippen LogP contribution in [0.15, 0.2) is 23.7 Å². The van der Waals surface area contributed by atoms with Gasteiger partial charge in [-0.15, -0.1) is 11.3 Å². The molecule has 0 spiro atoms. The van der Waals surface area contributed by atoms with Crippen LogP contribution in [0.25, 0.3) is 0 Å². The first-order chi connectivity index (χ1) is 9.15. The highest BCUT2D eigenvalue weighted by Gasteiger charge is 2.14. The molecular weight excluding hydrogens is 284 g/mol. The Bertz CT molecular complexity index is 546. The molecule has 1 heterocycles. The Hall–Kier alpha value is -1.46. The number of anilines is 1.